The number of carbonyl (C=O) groups excluding carboxylic acids is 1. The van der Waals surface area contributed by atoms with Gasteiger partial charge in [-0.05, 0) is 18.9 Å². The van der Waals surface area contributed by atoms with Gasteiger partial charge in [0, 0.05) is 0 Å². The van der Waals surface area contributed by atoms with Gasteiger partial charge in [-0.3, -0.25) is 4.79 Å². The van der Waals surface area contributed by atoms with Crippen molar-refractivity contribution < 1.29 is 4.79 Å². The average Bonchev–Trinajstić information content (AvgIpc) is 2.43. The Morgan fingerprint density at radius 2 is 1.26 bits per heavy atom. The van der Waals surface area contributed by atoms with E-state index in [0.717, 1.165) is 6.42 Å². The van der Waals surface area contributed by atoms with Gasteiger partial charge in [-0.2, -0.15) is 0 Å². The van der Waals surface area contributed by atoms with Gasteiger partial charge in [0.05, 0.1) is 0 Å². The lowest BCUT2D eigenvalue weighted by molar-refractivity contribution is 0.550. The summed E-state index contributed by atoms with van der Waals surface area (Å²) >= 11 is 0. The third kappa shape index (κ3) is 17.1. The van der Waals surface area contributed by atoms with Crippen molar-refractivity contribution in [3.05, 3.63) is 24.3 Å². The monoisotopic (exact) mass is 263 g/mol. The first kappa shape index (κ1) is 18.1. The third-order valence-corrected chi connectivity index (χ3v) is 3.39. The fourth-order valence-corrected chi connectivity index (χ4v) is 2.20. The summed E-state index contributed by atoms with van der Waals surface area (Å²) < 4.78 is 0. The molecule has 0 N–H and O–H groups in total. The molecule has 0 aliphatic heterocycles. The van der Waals surface area contributed by atoms with Crippen LogP contribution in [0.1, 0.15) is 84.0 Å². The lowest BCUT2D eigenvalue weighted by Crippen LogP contribution is -1.81. The molecule has 0 aliphatic carbocycles. The van der Waals surface area contributed by atoms with Crippen LogP contribution in [0.2, 0.25) is 0 Å². The molecule has 1 nitrogen and oxygen atoms in total. The molecule has 109 valence electrons. The summed E-state index contributed by atoms with van der Waals surface area (Å²) in [7, 11) is 0. The summed E-state index contributed by atoms with van der Waals surface area (Å²) in [6.45, 7) is 2.27. The third-order valence-electron chi connectivity index (χ3n) is 3.39. The second-order valence-electron chi connectivity index (χ2n) is 5.23. The smallest absolute Gasteiger partial charge is 0.225 e. The second kappa shape index (κ2) is 17.2. The van der Waals surface area contributed by atoms with Gasteiger partial charge < -0.3 is 0 Å². The molecule has 0 bridgehead atoms. The van der Waals surface area contributed by atoms with Crippen LogP contribution in [0, 0.1) is 0 Å². The van der Waals surface area contributed by atoms with Crippen molar-refractivity contribution in [2.75, 3.05) is 0 Å². The first-order valence-corrected chi connectivity index (χ1v) is 8.11. The van der Waals surface area contributed by atoms with Crippen molar-refractivity contribution in [2.24, 2.45) is 0 Å². The maximum Gasteiger partial charge on any atom is 0.225 e. The largest absolute Gasteiger partial charge is 0.286 e. The highest BCUT2D eigenvalue weighted by atomic mass is 16.1. The van der Waals surface area contributed by atoms with Crippen molar-refractivity contribution in [1.29, 1.82) is 0 Å². The minimum Gasteiger partial charge on any atom is -0.286 e. The maximum atomic E-state index is 9.89. The Kier molecular flexibility index (Phi) is 16.4. The summed E-state index contributed by atoms with van der Waals surface area (Å²) in [6.07, 6.45) is 25.3. The van der Waals surface area contributed by atoms with E-state index in [1.807, 2.05) is 6.08 Å². The molecule has 0 aromatic carbocycles. The van der Waals surface area contributed by atoms with E-state index in [2.05, 4.69) is 13.0 Å². The topological polar surface area (TPSA) is 17.1 Å². The normalized spacial score (nSPS) is 11.6. The van der Waals surface area contributed by atoms with Gasteiger partial charge in [-0.25, -0.2) is 0 Å². The molecule has 0 amide bonds. The van der Waals surface area contributed by atoms with E-state index in [1.54, 1.807) is 12.4 Å². The van der Waals surface area contributed by atoms with Crippen LogP contribution in [0.15, 0.2) is 24.3 Å². The van der Waals surface area contributed by atoms with Crippen LogP contribution in [0.5, 0.6) is 0 Å². The molecule has 0 heterocycles. The van der Waals surface area contributed by atoms with E-state index >= 15 is 0 Å². The summed E-state index contributed by atoms with van der Waals surface area (Å²) in [4.78, 5) is 9.89. The molecule has 0 saturated heterocycles. The lowest BCUT2D eigenvalue weighted by Gasteiger charge is -2.01. The minimum atomic E-state index is 1.13. The highest BCUT2D eigenvalue weighted by molar-refractivity contribution is 5.66. The Bertz CT molecular complexity index is 228. The summed E-state index contributed by atoms with van der Waals surface area (Å²) in [6, 6.07) is 0. The molecule has 0 rings (SSSR count). The molecule has 0 unspecified atom stereocenters. The molecule has 0 fully saturated rings. The van der Waals surface area contributed by atoms with Crippen molar-refractivity contribution in [2.45, 2.75) is 84.0 Å². The Morgan fingerprint density at radius 3 is 1.79 bits per heavy atom. The van der Waals surface area contributed by atoms with Crippen LogP contribution < -0.4 is 0 Å². The summed E-state index contributed by atoms with van der Waals surface area (Å²) in [5, 5.41) is 0. The maximum absolute atomic E-state index is 9.89. The Balaban J connectivity index is 3.04. The molecule has 0 saturated carbocycles. The second-order valence-corrected chi connectivity index (χ2v) is 5.23. The summed E-state index contributed by atoms with van der Waals surface area (Å²) in [5.41, 5.74) is 0. The lowest BCUT2D eigenvalue weighted by atomic mass is 10.1. The van der Waals surface area contributed by atoms with Gasteiger partial charge in [-0.1, -0.05) is 89.4 Å². The van der Waals surface area contributed by atoms with Crippen molar-refractivity contribution >= 4 is 6.29 Å². The Hall–Kier alpha value is -0.850. The van der Waals surface area contributed by atoms with Gasteiger partial charge in [0.25, 0.3) is 0 Å². The molecule has 1 heteroatoms. The number of hydrogen-bond acceptors (Lipinski definition) is 1. The molecular formula is C18H31O. The minimum absolute atomic E-state index is 1.13. The van der Waals surface area contributed by atoms with Gasteiger partial charge in [-0.15, -0.1) is 0 Å². The SMILES string of the molecule is CCCCCCCCCCCCCC=CC=C[C]=O. The zero-order valence-corrected chi connectivity index (χ0v) is 12.7. The van der Waals surface area contributed by atoms with Crippen LogP contribution in [-0.2, 0) is 4.79 Å². The molecule has 19 heavy (non-hydrogen) atoms. The number of unbranched alkanes of at least 4 members (excludes halogenated alkanes) is 11. The highest BCUT2D eigenvalue weighted by Gasteiger charge is 1.92. The van der Waals surface area contributed by atoms with Crippen molar-refractivity contribution in [3.63, 3.8) is 0 Å². The quantitative estimate of drug-likeness (QED) is 0.216. The predicted octanol–water partition coefficient (Wildman–Crippen LogP) is 5.91. The number of allylic oxidation sites excluding steroid dienone is 4. The first-order valence-electron chi connectivity index (χ1n) is 8.11. The standard InChI is InChI=1S/C18H31O/c1-2-3-4-5-6-7-8-9-10-11-12-13-14-15-16-17-18-19/h14-17H,2-13H2,1H3. The Morgan fingerprint density at radius 1 is 0.737 bits per heavy atom. The van der Waals surface area contributed by atoms with Crippen LogP contribution in [0.25, 0.3) is 0 Å². The predicted molar refractivity (Wildman–Crippen MR) is 85.1 cm³/mol. The van der Waals surface area contributed by atoms with Gasteiger partial charge in [0.1, 0.15) is 0 Å². The molecule has 0 atom stereocenters. The number of hydrogen-bond donors (Lipinski definition) is 0. The zero-order valence-electron chi connectivity index (χ0n) is 12.7. The molecular weight excluding hydrogens is 232 g/mol. The Labute approximate surface area is 120 Å². The zero-order chi connectivity index (χ0) is 14.0. The van der Waals surface area contributed by atoms with Gasteiger partial charge >= 0.3 is 0 Å². The molecule has 0 aromatic rings. The van der Waals surface area contributed by atoms with Crippen LogP contribution in [0.3, 0.4) is 0 Å². The van der Waals surface area contributed by atoms with E-state index < -0.39 is 0 Å². The number of rotatable bonds is 14. The average molecular weight is 263 g/mol. The highest BCUT2D eigenvalue weighted by Crippen LogP contribution is 2.11. The molecule has 0 spiro atoms. The van der Waals surface area contributed by atoms with E-state index in [1.165, 1.54) is 76.7 Å². The fraction of sp³-hybridized carbons (Fsp3) is 0.722. The fourth-order valence-electron chi connectivity index (χ4n) is 2.20. The van der Waals surface area contributed by atoms with Gasteiger partial charge in [0.2, 0.25) is 6.29 Å². The van der Waals surface area contributed by atoms with E-state index in [9.17, 15) is 4.79 Å². The first-order chi connectivity index (χ1) is 9.41. The van der Waals surface area contributed by atoms with E-state index in [4.69, 9.17) is 0 Å². The molecule has 0 aliphatic rings. The molecule has 1 radical (unpaired) electrons. The van der Waals surface area contributed by atoms with E-state index in [0.29, 0.717) is 0 Å². The van der Waals surface area contributed by atoms with Crippen LogP contribution in [0.4, 0.5) is 0 Å². The van der Waals surface area contributed by atoms with Crippen molar-refractivity contribution in [3.8, 4) is 0 Å². The van der Waals surface area contributed by atoms with Gasteiger partial charge in [0.15, 0.2) is 0 Å². The van der Waals surface area contributed by atoms with Crippen molar-refractivity contribution in [1.82, 2.24) is 0 Å². The van der Waals surface area contributed by atoms with Crippen LogP contribution in [-0.4, -0.2) is 6.29 Å². The molecule has 0 aromatic heterocycles. The van der Waals surface area contributed by atoms with Crippen LogP contribution >= 0.6 is 0 Å². The van der Waals surface area contributed by atoms with E-state index in [-0.39, 0.29) is 0 Å². The summed E-state index contributed by atoms with van der Waals surface area (Å²) in [5.74, 6) is 0.